The molecule has 0 saturated heterocycles. The molecule has 0 bridgehead atoms. The Kier molecular flexibility index (Phi) is 2.62. The summed E-state index contributed by atoms with van der Waals surface area (Å²) >= 11 is 0. The van der Waals surface area contributed by atoms with Gasteiger partial charge in [-0.2, -0.15) is 0 Å². The topological polar surface area (TPSA) is 52.3 Å². The van der Waals surface area contributed by atoms with Crippen LogP contribution in [0.4, 0.5) is 4.79 Å². The van der Waals surface area contributed by atoms with Crippen LogP contribution in [-0.4, -0.2) is 12.7 Å². The highest BCUT2D eigenvalue weighted by Gasteiger charge is 2.49. The summed E-state index contributed by atoms with van der Waals surface area (Å²) in [7, 11) is 0. The minimum atomic E-state index is -0.652. The highest BCUT2D eigenvalue weighted by Crippen LogP contribution is 2.52. The molecule has 2 rings (SSSR count). The van der Waals surface area contributed by atoms with Crippen LogP contribution in [0.15, 0.2) is 0 Å². The Bertz CT molecular complexity index is 271. The van der Waals surface area contributed by atoms with Gasteiger partial charge in [-0.25, -0.2) is 4.79 Å². The van der Waals surface area contributed by atoms with E-state index in [1.165, 1.54) is 0 Å². The van der Waals surface area contributed by atoms with Crippen LogP contribution in [0.1, 0.15) is 25.7 Å². The predicted molar refractivity (Wildman–Crippen MR) is 52.2 cm³/mol. The van der Waals surface area contributed by atoms with Crippen LogP contribution in [0, 0.1) is 29.6 Å². The van der Waals surface area contributed by atoms with E-state index in [0.717, 1.165) is 37.5 Å². The second-order valence-corrected chi connectivity index (χ2v) is 4.05. The lowest BCUT2D eigenvalue weighted by Gasteiger charge is -1.98. The monoisotopic (exact) mass is 193 g/mol. The molecule has 0 aromatic heterocycles. The molecule has 1 saturated carbocycles. The fourth-order valence-electron chi connectivity index (χ4n) is 2.46. The molecule has 0 heterocycles. The number of hydrogen-bond acceptors (Lipinski definition) is 2. The number of carbonyl (C=O) groups is 1. The molecule has 0 unspecified atom stereocenters. The van der Waals surface area contributed by atoms with Gasteiger partial charge in [0.1, 0.15) is 0 Å². The van der Waals surface area contributed by atoms with Gasteiger partial charge in [0.15, 0.2) is 0 Å². The third kappa shape index (κ3) is 2.01. The maximum atomic E-state index is 10.4. The average molecular weight is 193 g/mol. The molecule has 14 heavy (non-hydrogen) atoms. The molecular weight excluding hydrogens is 178 g/mol. The summed E-state index contributed by atoms with van der Waals surface area (Å²) in [5.41, 5.74) is 4.93. The number of rotatable bonds is 2. The Labute approximate surface area is 84.0 Å². The van der Waals surface area contributed by atoms with E-state index in [9.17, 15) is 4.79 Å². The average Bonchev–Trinajstić information content (AvgIpc) is 2.72. The lowest BCUT2D eigenvalue weighted by molar-refractivity contribution is 0.147. The van der Waals surface area contributed by atoms with Crippen LogP contribution in [0.5, 0.6) is 0 Å². The SMILES string of the molecule is NC(=O)OC[C@@H]1[C@@H]2CCC#CCC[C@@H]21. The quantitative estimate of drug-likeness (QED) is 0.676. The minimum absolute atomic E-state index is 0.505. The first-order chi connectivity index (χ1) is 6.79. The van der Waals surface area contributed by atoms with Gasteiger partial charge in [-0.1, -0.05) is 0 Å². The van der Waals surface area contributed by atoms with Crippen molar-refractivity contribution in [3.63, 3.8) is 0 Å². The van der Waals surface area contributed by atoms with E-state index < -0.39 is 6.09 Å². The molecule has 3 atom stereocenters. The molecule has 3 heteroatoms. The van der Waals surface area contributed by atoms with E-state index >= 15 is 0 Å². The molecule has 0 aromatic carbocycles. The normalized spacial score (nSPS) is 34.1. The summed E-state index contributed by atoms with van der Waals surface area (Å²) in [6.07, 6.45) is 3.65. The number of fused-ring (bicyclic) bond motifs is 1. The fourth-order valence-corrected chi connectivity index (χ4v) is 2.46. The molecular formula is C11H15NO2. The molecule has 1 amide bonds. The van der Waals surface area contributed by atoms with Crippen molar-refractivity contribution in [2.75, 3.05) is 6.61 Å². The molecule has 2 aliphatic rings. The van der Waals surface area contributed by atoms with Crippen molar-refractivity contribution < 1.29 is 9.53 Å². The highest BCUT2D eigenvalue weighted by molar-refractivity contribution is 5.64. The molecule has 76 valence electrons. The van der Waals surface area contributed by atoms with Gasteiger partial charge in [-0.15, -0.1) is 11.8 Å². The first kappa shape index (κ1) is 9.39. The zero-order chi connectivity index (χ0) is 9.97. The van der Waals surface area contributed by atoms with Crippen LogP contribution in [0.25, 0.3) is 0 Å². The van der Waals surface area contributed by atoms with Gasteiger partial charge < -0.3 is 10.5 Å². The van der Waals surface area contributed by atoms with E-state index in [1.54, 1.807) is 0 Å². The van der Waals surface area contributed by atoms with E-state index in [2.05, 4.69) is 11.8 Å². The van der Waals surface area contributed by atoms with E-state index in [4.69, 9.17) is 10.5 Å². The van der Waals surface area contributed by atoms with Gasteiger partial charge >= 0.3 is 6.09 Å². The van der Waals surface area contributed by atoms with Gasteiger partial charge in [0.25, 0.3) is 0 Å². The second-order valence-electron chi connectivity index (χ2n) is 4.05. The summed E-state index contributed by atoms with van der Waals surface area (Å²) in [6, 6.07) is 0. The summed E-state index contributed by atoms with van der Waals surface area (Å²) in [5.74, 6) is 8.29. The minimum Gasteiger partial charge on any atom is -0.449 e. The van der Waals surface area contributed by atoms with Gasteiger partial charge in [0.05, 0.1) is 6.61 Å². The first-order valence-corrected chi connectivity index (χ1v) is 5.17. The van der Waals surface area contributed by atoms with Crippen molar-refractivity contribution in [2.24, 2.45) is 23.5 Å². The van der Waals surface area contributed by atoms with Crippen molar-refractivity contribution in [3.8, 4) is 11.8 Å². The van der Waals surface area contributed by atoms with Crippen molar-refractivity contribution in [1.29, 1.82) is 0 Å². The van der Waals surface area contributed by atoms with Crippen LogP contribution in [-0.2, 0) is 4.74 Å². The van der Waals surface area contributed by atoms with Gasteiger partial charge in [-0.3, -0.25) is 0 Å². The second kappa shape index (κ2) is 3.91. The summed E-state index contributed by atoms with van der Waals surface area (Å²) < 4.78 is 4.84. The molecule has 0 radical (unpaired) electrons. The maximum absolute atomic E-state index is 10.4. The zero-order valence-corrected chi connectivity index (χ0v) is 8.16. The van der Waals surface area contributed by atoms with Crippen LogP contribution < -0.4 is 5.73 Å². The van der Waals surface area contributed by atoms with E-state index in [-0.39, 0.29) is 0 Å². The Hall–Kier alpha value is -1.17. The molecule has 0 aromatic rings. The number of primary amides is 1. The van der Waals surface area contributed by atoms with Gasteiger partial charge in [0, 0.05) is 12.8 Å². The van der Waals surface area contributed by atoms with Crippen LogP contribution in [0.3, 0.4) is 0 Å². The third-order valence-corrected chi connectivity index (χ3v) is 3.26. The number of nitrogens with two attached hydrogens (primary N) is 1. The molecule has 1 fully saturated rings. The van der Waals surface area contributed by atoms with Gasteiger partial charge in [0.2, 0.25) is 0 Å². The molecule has 0 spiro atoms. The number of carbonyl (C=O) groups excluding carboxylic acids is 1. The van der Waals surface area contributed by atoms with Crippen molar-refractivity contribution >= 4 is 6.09 Å². The van der Waals surface area contributed by atoms with Crippen molar-refractivity contribution in [2.45, 2.75) is 25.7 Å². The fraction of sp³-hybridized carbons (Fsp3) is 0.727. The van der Waals surface area contributed by atoms with E-state index in [0.29, 0.717) is 12.5 Å². The summed E-state index contributed by atoms with van der Waals surface area (Å²) in [6.45, 7) is 0.505. The number of amides is 1. The van der Waals surface area contributed by atoms with E-state index in [1.807, 2.05) is 0 Å². The van der Waals surface area contributed by atoms with Crippen LogP contribution >= 0.6 is 0 Å². The first-order valence-electron chi connectivity index (χ1n) is 5.17. The third-order valence-electron chi connectivity index (χ3n) is 3.26. The van der Waals surface area contributed by atoms with Crippen molar-refractivity contribution in [1.82, 2.24) is 0 Å². The molecule has 0 aliphatic heterocycles. The lowest BCUT2D eigenvalue weighted by atomic mass is 10.1. The predicted octanol–water partition coefficient (Wildman–Crippen LogP) is 1.52. The lowest BCUT2D eigenvalue weighted by Crippen LogP contribution is -2.15. The Morgan fingerprint density at radius 3 is 2.36 bits per heavy atom. The standard InChI is InChI=1S/C11H15NO2/c12-11(13)14-7-10-8-5-3-1-2-4-6-9(8)10/h8-10H,3-7H2,(H2,12,13)/t8-,9+,10-. The van der Waals surface area contributed by atoms with Crippen molar-refractivity contribution in [3.05, 3.63) is 0 Å². The molecule has 3 nitrogen and oxygen atoms in total. The number of hydrogen-bond donors (Lipinski definition) is 1. The largest absolute Gasteiger partial charge is 0.449 e. The Morgan fingerprint density at radius 2 is 1.86 bits per heavy atom. The highest BCUT2D eigenvalue weighted by atomic mass is 16.5. The smallest absolute Gasteiger partial charge is 0.404 e. The Morgan fingerprint density at radius 1 is 1.29 bits per heavy atom. The van der Waals surface area contributed by atoms with Gasteiger partial charge in [-0.05, 0) is 30.6 Å². The summed E-state index contributed by atoms with van der Waals surface area (Å²) in [4.78, 5) is 10.4. The Balaban J connectivity index is 1.79. The van der Waals surface area contributed by atoms with Crippen LogP contribution in [0.2, 0.25) is 0 Å². The zero-order valence-electron chi connectivity index (χ0n) is 8.16. The maximum Gasteiger partial charge on any atom is 0.404 e. The summed E-state index contributed by atoms with van der Waals surface area (Å²) in [5, 5.41) is 0. The number of ether oxygens (including phenoxy) is 1. The molecule has 2 aliphatic carbocycles. The molecule has 2 N–H and O–H groups in total.